The quantitative estimate of drug-likeness (QED) is 0.783. The number of rotatable bonds is 3. The Balaban J connectivity index is 1.58. The van der Waals surface area contributed by atoms with Gasteiger partial charge in [-0.1, -0.05) is 0 Å². The second-order valence-electron chi connectivity index (χ2n) is 5.50. The van der Waals surface area contributed by atoms with E-state index in [0.29, 0.717) is 23.1 Å². The van der Waals surface area contributed by atoms with Crippen LogP contribution in [0.15, 0.2) is 36.2 Å². The number of hydrogen-bond acceptors (Lipinski definition) is 7. The van der Waals surface area contributed by atoms with Crippen LogP contribution in [0.4, 0.5) is 15.3 Å². The third-order valence-corrected chi connectivity index (χ3v) is 4.65. The standard InChI is InChI=1S/C15H13FN6OS/c16-15(13(23)21-14-18-5-7-24-14)3-6-22(8-15)12-10-2-1-4-17-11(10)19-9-20-12/h1-2,4-5,7,9H,3,6,8H2,(H,18,21,23). The first kappa shape index (κ1) is 14.9. The van der Waals surface area contributed by atoms with E-state index in [2.05, 4.69) is 25.3 Å². The fourth-order valence-corrected chi connectivity index (χ4v) is 3.29. The first-order valence-electron chi connectivity index (χ1n) is 7.36. The van der Waals surface area contributed by atoms with Crippen LogP contribution in [0.1, 0.15) is 6.42 Å². The van der Waals surface area contributed by atoms with Crippen LogP contribution < -0.4 is 10.2 Å². The third kappa shape index (κ3) is 2.56. The minimum Gasteiger partial charge on any atom is -0.352 e. The van der Waals surface area contributed by atoms with Gasteiger partial charge in [0.1, 0.15) is 12.1 Å². The molecule has 0 aromatic carbocycles. The number of pyridine rings is 1. The molecule has 0 radical (unpaired) electrons. The van der Waals surface area contributed by atoms with Gasteiger partial charge in [0.25, 0.3) is 5.91 Å². The molecule has 4 rings (SSSR count). The lowest BCUT2D eigenvalue weighted by Crippen LogP contribution is -2.41. The molecule has 3 aromatic rings. The zero-order valence-corrected chi connectivity index (χ0v) is 13.3. The molecular weight excluding hydrogens is 331 g/mol. The molecule has 0 saturated carbocycles. The lowest BCUT2D eigenvalue weighted by molar-refractivity contribution is -0.126. The van der Waals surface area contributed by atoms with Crippen LogP contribution >= 0.6 is 11.3 Å². The van der Waals surface area contributed by atoms with Crippen molar-refractivity contribution in [3.05, 3.63) is 36.2 Å². The molecule has 1 aliphatic rings. The maximum absolute atomic E-state index is 15.1. The Bertz CT molecular complexity index is 883. The SMILES string of the molecule is O=C(Nc1nccs1)C1(F)CCN(c2ncnc3ncccc23)C1. The Hall–Kier alpha value is -2.68. The zero-order valence-electron chi connectivity index (χ0n) is 12.5. The van der Waals surface area contributed by atoms with Gasteiger partial charge < -0.3 is 4.90 Å². The van der Waals surface area contributed by atoms with Crippen LogP contribution in [-0.4, -0.2) is 44.6 Å². The molecule has 3 aromatic heterocycles. The highest BCUT2D eigenvalue weighted by molar-refractivity contribution is 7.13. The minimum atomic E-state index is -1.98. The lowest BCUT2D eigenvalue weighted by atomic mass is 10.1. The van der Waals surface area contributed by atoms with Crippen molar-refractivity contribution < 1.29 is 9.18 Å². The molecule has 24 heavy (non-hydrogen) atoms. The summed E-state index contributed by atoms with van der Waals surface area (Å²) in [5, 5.41) is 5.39. The number of thiazole rings is 1. The van der Waals surface area contributed by atoms with Gasteiger partial charge in [0.05, 0.1) is 11.9 Å². The summed E-state index contributed by atoms with van der Waals surface area (Å²) in [6.07, 6.45) is 4.70. The predicted octanol–water partition coefficient (Wildman–Crippen LogP) is 2.04. The highest BCUT2D eigenvalue weighted by Crippen LogP contribution is 2.32. The summed E-state index contributed by atoms with van der Waals surface area (Å²) in [7, 11) is 0. The van der Waals surface area contributed by atoms with Gasteiger partial charge in [0, 0.05) is 30.7 Å². The van der Waals surface area contributed by atoms with Crippen molar-refractivity contribution in [2.75, 3.05) is 23.3 Å². The summed E-state index contributed by atoms with van der Waals surface area (Å²) < 4.78 is 15.1. The number of anilines is 2. The third-order valence-electron chi connectivity index (χ3n) is 3.97. The van der Waals surface area contributed by atoms with Crippen LogP contribution in [0, 0.1) is 0 Å². The lowest BCUT2D eigenvalue weighted by Gasteiger charge is -2.21. The molecule has 122 valence electrons. The summed E-state index contributed by atoms with van der Waals surface area (Å²) in [6.45, 7) is 0.327. The largest absolute Gasteiger partial charge is 0.352 e. The molecule has 1 saturated heterocycles. The molecule has 0 spiro atoms. The number of hydrogen-bond donors (Lipinski definition) is 1. The van der Waals surface area contributed by atoms with E-state index in [1.54, 1.807) is 28.7 Å². The summed E-state index contributed by atoms with van der Waals surface area (Å²) in [4.78, 5) is 30.5. The predicted molar refractivity (Wildman–Crippen MR) is 88.7 cm³/mol. The molecule has 1 unspecified atom stereocenters. The van der Waals surface area contributed by atoms with Gasteiger partial charge in [0.2, 0.25) is 5.67 Å². The van der Waals surface area contributed by atoms with Crippen LogP contribution in [0.3, 0.4) is 0 Å². The number of carbonyl (C=O) groups is 1. The Labute approximate surface area is 140 Å². The van der Waals surface area contributed by atoms with Gasteiger partial charge in [-0.2, -0.15) is 0 Å². The number of nitrogens with zero attached hydrogens (tertiary/aromatic N) is 5. The molecule has 7 nitrogen and oxygen atoms in total. The second kappa shape index (κ2) is 5.75. The molecular formula is C15H13FN6OS. The molecule has 0 aliphatic carbocycles. The van der Waals surface area contributed by atoms with Gasteiger partial charge in [-0.05, 0) is 12.1 Å². The van der Waals surface area contributed by atoms with Crippen LogP contribution in [-0.2, 0) is 4.79 Å². The van der Waals surface area contributed by atoms with E-state index < -0.39 is 11.6 Å². The van der Waals surface area contributed by atoms with Gasteiger partial charge in [-0.15, -0.1) is 11.3 Å². The van der Waals surface area contributed by atoms with Crippen molar-refractivity contribution in [2.45, 2.75) is 12.1 Å². The number of nitrogens with one attached hydrogen (secondary N) is 1. The molecule has 1 N–H and O–H groups in total. The Morgan fingerprint density at radius 3 is 3.04 bits per heavy atom. The summed E-state index contributed by atoms with van der Waals surface area (Å²) in [5.41, 5.74) is -1.43. The van der Waals surface area contributed by atoms with Gasteiger partial charge >= 0.3 is 0 Å². The van der Waals surface area contributed by atoms with E-state index in [4.69, 9.17) is 0 Å². The van der Waals surface area contributed by atoms with Crippen molar-refractivity contribution in [3.8, 4) is 0 Å². The number of halogens is 1. The zero-order chi connectivity index (χ0) is 16.6. The molecule has 4 heterocycles. The van der Waals surface area contributed by atoms with E-state index in [9.17, 15) is 4.79 Å². The second-order valence-corrected chi connectivity index (χ2v) is 6.39. The maximum Gasteiger partial charge on any atom is 0.265 e. The number of fused-ring (bicyclic) bond motifs is 1. The normalized spacial score (nSPS) is 20.5. The van der Waals surface area contributed by atoms with E-state index in [0.717, 1.165) is 5.39 Å². The number of amides is 1. The highest BCUT2D eigenvalue weighted by atomic mass is 32.1. The van der Waals surface area contributed by atoms with E-state index >= 15 is 4.39 Å². The molecule has 1 atom stereocenters. The first-order valence-corrected chi connectivity index (χ1v) is 8.24. The van der Waals surface area contributed by atoms with Crippen molar-refractivity contribution in [2.24, 2.45) is 0 Å². The number of aromatic nitrogens is 4. The molecule has 1 aliphatic heterocycles. The molecule has 0 bridgehead atoms. The van der Waals surface area contributed by atoms with Gasteiger partial charge in [0.15, 0.2) is 10.8 Å². The number of alkyl halides is 1. The van der Waals surface area contributed by atoms with E-state index in [1.165, 1.54) is 17.7 Å². The maximum atomic E-state index is 15.1. The monoisotopic (exact) mass is 344 g/mol. The van der Waals surface area contributed by atoms with Crippen molar-refractivity contribution in [1.82, 2.24) is 19.9 Å². The summed E-state index contributed by atoms with van der Waals surface area (Å²) in [5.74, 6) is -0.0777. The van der Waals surface area contributed by atoms with Gasteiger partial charge in [-0.3, -0.25) is 10.1 Å². The Kier molecular flexibility index (Phi) is 3.57. The minimum absolute atomic E-state index is 0.0643. The average Bonchev–Trinajstić information content (AvgIpc) is 3.25. The first-order chi connectivity index (χ1) is 11.7. The molecule has 9 heteroatoms. The summed E-state index contributed by atoms with van der Waals surface area (Å²) >= 11 is 1.26. The molecule has 1 fully saturated rings. The Morgan fingerprint density at radius 2 is 2.21 bits per heavy atom. The fraction of sp³-hybridized carbons (Fsp3) is 0.267. The van der Waals surface area contributed by atoms with Crippen LogP contribution in [0.2, 0.25) is 0 Å². The van der Waals surface area contributed by atoms with Crippen molar-refractivity contribution in [3.63, 3.8) is 0 Å². The van der Waals surface area contributed by atoms with Crippen LogP contribution in [0.5, 0.6) is 0 Å². The topological polar surface area (TPSA) is 83.9 Å². The van der Waals surface area contributed by atoms with Crippen molar-refractivity contribution in [1.29, 1.82) is 0 Å². The van der Waals surface area contributed by atoms with Crippen molar-refractivity contribution >= 4 is 39.2 Å². The van der Waals surface area contributed by atoms with Gasteiger partial charge in [-0.25, -0.2) is 24.3 Å². The highest BCUT2D eigenvalue weighted by Gasteiger charge is 2.46. The smallest absolute Gasteiger partial charge is 0.265 e. The average molecular weight is 344 g/mol. The summed E-state index contributed by atoms with van der Waals surface area (Å²) in [6, 6.07) is 3.62. The fourth-order valence-electron chi connectivity index (χ4n) is 2.77. The van der Waals surface area contributed by atoms with Crippen LogP contribution in [0.25, 0.3) is 11.0 Å². The Morgan fingerprint density at radius 1 is 1.29 bits per heavy atom. The van der Waals surface area contributed by atoms with E-state index in [1.807, 2.05) is 6.07 Å². The van der Waals surface area contributed by atoms with E-state index in [-0.39, 0.29) is 13.0 Å². The number of carbonyl (C=O) groups excluding carboxylic acids is 1. The molecule has 1 amide bonds.